The molecule has 0 bridgehead atoms. The number of benzene rings is 1. The smallest absolute Gasteiger partial charge is 0.404 e. The Morgan fingerprint density at radius 3 is 2.91 bits per heavy atom. The quantitative estimate of drug-likeness (QED) is 0.688. The van der Waals surface area contributed by atoms with Gasteiger partial charge in [-0.15, -0.1) is 0 Å². The lowest BCUT2D eigenvalue weighted by atomic mass is 10.0. The minimum Gasteiger partial charge on any atom is -0.465 e. The zero-order chi connectivity index (χ0) is 15.5. The van der Waals surface area contributed by atoms with Crippen LogP contribution >= 0.6 is 0 Å². The summed E-state index contributed by atoms with van der Waals surface area (Å²) in [5.74, 6) is 0. The van der Waals surface area contributed by atoms with Crippen LogP contribution in [0.1, 0.15) is 11.3 Å². The van der Waals surface area contributed by atoms with Crippen molar-refractivity contribution in [3.8, 4) is 11.1 Å². The molecule has 3 aromatic rings. The van der Waals surface area contributed by atoms with Crippen molar-refractivity contribution < 1.29 is 19.4 Å². The number of nitrogens with one attached hydrogen (secondary N) is 1. The summed E-state index contributed by atoms with van der Waals surface area (Å²) >= 11 is 0. The number of fused-ring (bicyclic) bond motifs is 1. The lowest BCUT2D eigenvalue weighted by molar-refractivity contribution is 0.194. The average Bonchev–Trinajstić information content (AvgIpc) is 3.00. The summed E-state index contributed by atoms with van der Waals surface area (Å²) in [7, 11) is 0. The Morgan fingerprint density at radius 1 is 1.27 bits per heavy atom. The van der Waals surface area contributed by atoms with E-state index in [1.165, 1.54) is 0 Å². The van der Waals surface area contributed by atoms with E-state index in [1.54, 1.807) is 18.5 Å². The standard InChI is InChI=1S/C16H14N2O4/c19-9-10-5-12-2-4-22-15(12)14(6-10)11-1-3-17-13(7-11)8-18-16(20)21/h1-7,18-19H,8-9H2,(H,20,21). The van der Waals surface area contributed by atoms with Crippen LogP contribution in [0.3, 0.4) is 0 Å². The number of carboxylic acid groups (broad SMARTS) is 1. The van der Waals surface area contributed by atoms with E-state index in [0.717, 1.165) is 27.7 Å². The van der Waals surface area contributed by atoms with Crippen LogP contribution in [0.5, 0.6) is 0 Å². The fourth-order valence-corrected chi connectivity index (χ4v) is 2.36. The second-order valence-electron chi connectivity index (χ2n) is 4.84. The Balaban J connectivity index is 2.05. The van der Waals surface area contributed by atoms with E-state index < -0.39 is 6.09 Å². The van der Waals surface area contributed by atoms with E-state index in [0.29, 0.717) is 5.69 Å². The van der Waals surface area contributed by atoms with E-state index in [-0.39, 0.29) is 13.2 Å². The molecule has 1 aromatic carbocycles. The third kappa shape index (κ3) is 2.77. The Bertz CT molecular complexity index is 826. The topological polar surface area (TPSA) is 95.6 Å². The van der Waals surface area contributed by atoms with Crippen LogP contribution in [0, 0.1) is 0 Å². The molecule has 0 fully saturated rings. The molecule has 0 aliphatic rings. The molecule has 6 nitrogen and oxygen atoms in total. The summed E-state index contributed by atoms with van der Waals surface area (Å²) in [4.78, 5) is 14.7. The highest BCUT2D eigenvalue weighted by atomic mass is 16.4. The van der Waals surface area contributed by atoms with Crippen molar-refractivity contribution in [1.29, 1.82) is 0 Å². The van der Waals surface area contributed by atoms with Crippen LogP contribution in [0.2, 0.25) is 0 Å². The zero-order valence-electron chi connectivity index (χ0n) is 11.6. The van der Waals surface area contributed by atoms with E-state index in [1.807, 2.05) is 24.3 Å². The van der Waals surface area contributed by atoms with Crippen molar-refractivity contribution >= 4 is 17.1 Å². The van der Waals surface area contributed by atoms with Gasteiger partial charge in [0.1, 0.15) is 5.58 Å². The van der Waals surface area contributed by atoms with Gasteiger partial charge in [-0.1, -0.05) is 0 Å². The Hall–Kier alpha value is -2.86. The number of hydrogen-bond donors (Lipinski definition) is 3. The molecule has 1 amide bonds. The van der Waals surface area contributed by atoms with Crippen molar-refractivity contribution in [2.24, 2.45) is 0 Å². The lowest BCUT2D eigenvalue weighted by Crippen LogP contribution is -2.20. The van der Waals surface area contributed by atoms with Crippen LogP contribution in [0.25, 0.3) is 22.1 Å². The fraction of sp³-hybridized carbons (Fsp3) is 0.125. The third-order valence-electron chi connectivity index (χ3n) is 3.34. The van der Waals surface area contributed by atoms with E-state index in [9.17, 15) is 9.90 Å². The van der Waals surface area contributed by atoms with Crippen LogP contribution in [0.15, 0.2) is 47.2 Å². The first-order valence-corrected chi connectivity index (χ1v) is 6.70. The number of furan rings is 1. The molecule has 0 spiro atoms. The van der Waals surface area contributed by atoms with Crippen LogP contribution in [-0.2, 0) is 13.2 Å². The van der Waals surface area contributed by atoms with Gasteiger partial charge < -0.3 is 19.9 Å². The minimum atomic E-state index is -1.09. The minimum absolute atomic E-state index is 0.0629. The molecule has 0 unspecified atom stereocenters. The van der Waals surface area contributed by atoms with Gasteiger partial charge in [-0.25, -0.2) is 4.79 Å². The highest BCUT2D eigenvalue weighted by Gasteiger charge is 2.10. The number of amides is 1. The first-order chi connectivity index (χ1) is 10.7. The normalized spacial score (nSPS) is 10.8. The highest BCUT2D eigenvalue weighted by Crippen LogP contribution is 2.31. The van der Waals surface area contributed by atoms with Crippen molar-refractivity contribution in [3.63, 3.8) is 0 Å². The molecule has 0 aliphatic heterocycles. The summed E-state index contributed by atoms with van der Waals surface area (Å²) in [6.45, 7) is 0.0663. The van der Waals surface area contributed by atoms with Crippen molar-refractivity contribution in [1.82, 2.24) is 10.3 Å². The SMILES string of the molecule is O=C(O)NCc1cc(-c2cc(CO)cc3ccoc23)ccn1. The van der Waals surface area contributed by atoms with Gasteiger partial charge in [0.05, 0.1) is 25.1 Å². The molecule has 22 heavy (non-hydrogen) atoms. The molecule has 6 heteroatoms. The van der Waals surface area contributed by atoms with Gasteiger partial charge in [0.25, 0.3) is 0 Å². The largest absolute Gasteiger partial charge is 0.465 e. The summed E-state index contributed by atoms with van der Waals surface area (Å²) in [6.07, 6.45) is 2.13. The van der Waals surface area contributed by atoms with E-state index in [2.05, 4.69) is 10.3 Å². The van der Waals surface area contributed by atoms with Gasteiger partial charge in [-0.3, -0.25) is 4.98 Å². The maximum atomic E-state index is 10.6. The first-order valence-electron chi connectivity index (χ1n) is 6.70. The predicted octanol–water partition coefficient (Wildman–Crippen LogP) is 2.75. The zero-order valence-corrected chi connectivity index (χ0v) is 11.6. The van der Waals surface area contributed by atoms with Gasteiger partial charge in [-0.2, -0.15) is 0 Å². The predicted molar refractivity (Wildman–Crippen MR) is 80.2 cm³/mol. The molecule has 0 radical (unpaired) electrons. The number of aromatic nitrogens is 1. The Morgan fingerprint density at radius 2 is 2.14 bits per heavy atom. The molecular weight excluding hydrogens is 284 g/mol. The average molecular weight is 298 g/mol. The third-order valence-corrected chi connectivity index (χ3v) is 3.34. The molecule has 0 atom stereocenters. The Kier molecular flexibility index (Phi) is 3.76. The molecule has 0 saturated heterocycles. The second kappa shape index (κ2) is 5.87. The molecule has 0 saturated carbocycles. The molecule has 2 heterocycles. The van der Waals surface area contributed by atoms with Gasteiger partial charge >= 0.3 is 6.09 Å². The fourth-order valence-electron chi connectivity index (χ4n) is 2.36. The molecule has 3 rings (SSSR count). The summed E-state index contributed by atoms with van der Waals surface area (Å²) in [6, 6.07) is 9.19. The lowest BCUT2D eigenvalue weighted by Gasteiger charge is -2.07. The van der Waals surface area contributed by atoms with Gasteiger partial charge in [0.2, 0.25) is 0 Å². The summed E-state index contributed by atoms with van der Waals surface area (Å²) < 4.78 is 5.53. The summed E-state index contributed by atoms with van der Waals surface area (Å²) in [5.41, 5.74) is 3.80. The van der Waals surface area contributed by atoms with E-state index >= 15 is 0 Å². The number of hydrogen-bond acceptors (Lipinski definition) is 4. The van der Waals surface area contributed by atoms with Crippen LogP contribution in [0.4, 0.5) is 4.79 Å². The van der Waals surface area contributed by atoms with Crippen molar-refractivity contribution in [3.05, 3.63) is 54.0 Å². The first kappa shape index (κ1) is 14.1. The van der Waals surface area contributed by atoms with Gasteiger partial charge in [-0.05, 0) is 41.5 Å². The van der Waals surface area contributed by atoms with E-state index in [4.69, 9.17) is 9.52 Å². The molecular formula is C16H14N2O4. The van der Waals surface area contributed by atoms with Crippen LogP contribution in [-0.4, -0.2) is 21.3 Å². The number of nitrogens with zero attached hydrogens (tertiary/aromatic N) is 1. The number of carbonyl (C=O) groups is 1. The van der Waals surface area contributed by atoms with Crippen molar-refractivity contribution in [2.45, 2.75) is 13.2 Å². The molecule has 112 valence electrons. The Labute approximate surface area is 126 Å². The van der Waals surface area contributed by atoms with Crippen molar-refractivity contribution in [2.75, 3.05) is 0 Å². The molecule has 0 aliphatic carbocycles. The number of aliphatic hydroxyl groups is 1. The maximum Gasteiger partial charge on any atom is 0.404 e. The van der Waals surface area contributed by atoms with Gasteiger partial charge in [0.15, 0.2) is 0 Å². The van der Waals surface area contributed by atoms with Crippen LogP contribution < -0.4 is 5.32 Å². The monoisotopic (exact) mass is 298 g/mol. The second-order valence-corrected chi connectivity index (χ2v) is 4.84. The summed E-state index contributed by atoms with van der Waals surface area (Å²) in [5, 5.41) is 21.2. The van der Waals surface area contributed by atoms with Gasteiger partial charge in [0, 0.05) is 17.1 Å². The molecule has 2 aromatic heterocycles. The maximum absolute atomic E-state index is 10.6. The number of pyridine rings is 1. The molecule has 3 N–H and O–H groups in total. The number of aliphatic hydroxyl groups excluding tert-OH is 1. The number of rotatable bonds is 4. The highest BCUT2D eigenvalue weighted by molar-refractivity contribution is 5.93.